The van der Waals surface area contributed by atoms with Crippen LogP contribution in [0.5, 0.6) is 0 Å². The zero-order chi connectivity index (χ0) is 12.7. The van der Waals surface area contributed by atoms with Crippen molar-refractivity contribution >= 4 is 11.9 Å². The van der Waals surface area contributed by atoms with Gasteiger partial charge in [-0.15, -0.1) is 0 Å². The monoisotopic (exact) mass is 236 g/mol. The first kappa shape index (κ1) is 13.2. The minimum atomic E-state index is -1.07. The van der Waals surface area contributed by atoms with E-state index < -0.39 is 12.0 Å². The lowest BCUT2D eigenvalue weighted by Gasteiger charge is -2.14. The number of benzene rings is 1. The summed E-state index contributed by atoms with van der Waals surface area (Å²) < 4.78 is 0. The molecule has 0 radical (unpaired) electrons. The highest BCUT2D eigenvalue weighted by Crippen LogP contribution is 2.12. The number of aliphatic carboxylic acids is 1. The molecular weight excluding hydrogens is 220 g/mol. The Morgan fingerprint density at radius 1 is 1.29 bits per heavy atom. The number of carboxylic acid groups (broad SMARTS) is 1. The highest BCUT2D eigenvalue weighted by atomic mass is 16.4. The van der Waals surface area contributed by atoms with Crippen LogP contribution in [-0.4, -0.2) is 30.1 Å². The highest BCUT2D eigenvalue weighted by Gasteiger charge is 2.21. The molecule has 0 fully saturated rings. The van der Waals surface area contributed by atoms with Gasteiger partial charge < -0.3 is 15.7 Å². The second kappa shape index (κ2) is 6.65. The maximum absolute atomic E-state index is 11.5. The fourth-order valence-electron chi connectivity index (χ4n) is 1.38. The fraction of sp³-hybridized carbons (Fsp3) is 0.333. The van der Waals surface area contributed by atoms with E-state index >= 15 is 0 Å². The third-order valence-corrected chi connectivity index (χ3v) is 2.22. The van der Waals surface area contributed by atoms with Crippen LogP contribution in [0.15, 0.2) is 30.3 Å². The fourth-order valence-corrected chi connectivity index (χ4v) is 1.38. The summed E-state index contributed by atoms with van der Waals surface area (Å²) in [7, 11) is 0. The lowest BCUT2D eigenvalue weighted by molar-refractivity contribution is -0.141. The van der Waals surface area contributed by atoms with Crippen molar-refractivity contribution < 1.29 is 14.7 Å². The summed E-state index contributed by atoms with van der Waals surface area (Å²) in [5.74, 6) is -1.40. The standard InChI is InChI=1S/C12H16N2O3/c1-2-13-8-10(15)14-11(12(16)17)9-6-4-3-5-7-9/h3-7,11,13H,2,8H2,1H3,(H,14,15)(H,16,17)/t11-/m1/s1. The number of hydrogen-bond acceptors (Lipinski definition) is 3. The molecule has 0 aliphatic rings. The SMILES string of the molecule is CCNCC(=O)N[C@@H](C(=O)O)c1ccccc1. The Morgan fingerprint density at radius 2 is 1.94 bits per heavy atom. The van der Waals surface area contributed by atoms with E-state index in [1.807, 2.05) is 6.92 Å². The van der Waals surface area contributed by atoms with E-state index in [-0.39, 0.29) is 12.5 Å². The van der Waals surface area contributed by atoms with Gasteiger partial charge in [-0.1, -0.05) is 37.3 Å². The van der Waals surface area contributed by atoms with Crippen LogP contribution in [-0.2, 0) is 9.59 Å². The number of carbonyl (C=O) groups is 2. The van der Waals surface area contributed by atoms with Gasteiger partial charge in [0.15, 0.2) is 6.04 Å². The predicted molar refractivity (Wildman–Crippen MR) is 63.5 cm³/mol. The molecule has 0 heterocycles. The molecule has 0 saturated carbocycles. The molecule has 5 heteroatoms. The van der Waals surface area contributed by atoms with Gasteiger partial charge in [-0.3, -0.25) is 4.79 Å². The molecule has 0 unspecified atom stereocenters. The smallest absolute Gasteiger partial charge is 0.330 e. The maximum Gasteiger partial charge on any atom is 0.330 e. The third-order valence-electron chi connectivity index (χ3n) is 2.22. The van der Waals surface area contributed by atoms with E-state index in [1.165, 1.54) is 0 Å². The van der Waals surface area contributed by atoms with Crippen LogP contribution in [0.1, 0.15) is 18.5 Å². The van der Waals surface area contributed by atoms with E-state index in [4.69, 9.17) is 5.11 Å². The highest BCUT2D eigenvalue weighted by molar-refractivity contribution is 5.85. The van der Waals surface area contributed by atoms with Crippen LogP contribution in [0.3, 0.4) is 0 Å². The van der Waals surface area contributed by atoms with Gasteiger partial charge in [0.1, 0.15) is 0 Å². The quantitative estimate of drug-likeness (QED) is 0.673. The molecule has 92 valence electrons. The number of carbonyl (C=O) groups excluding carboxylic acids is 1. The molecule has 17 heavy (non-hydrogen) atoms. The summed E-state index contributed by atoms with van der Waals surface area (Å²) in [5.41, 5.74) is 0.560. The molecule has 0 saturated heterocycles. The van der Waals surface area contributed by atoms with Crippen LogP contribution >= 0.6 is 0 Å². The van der Waals surface area contributed by atoms with Crippen LogP contribution in [0.2, 0.25) is 0 Å². The second-order valence-corrected chi connectivity index (χ2v) is 3.53. The summed E-state index contributed by atoms with van der Waals surface area (Å²) in [5, 5.41) is 14.4. The molecule has 0 spiro atoms. The van der Waals surface area contributed by atoms with Gasteiger partial charge in [0.2, 0.25) is 5.91 Å². The van der Waals surface area contributed by atoms with E-state index in [1.54, 1.807) is 30.3 Å². The van der Waals surface area contributed by atoms with E-state index in [0.29, 0.717) is 12.1 Å². The van der Waals surface area contributed by atoms with Crippen molar-refractivity contribution in [3.05, 3.63) is 35.9 Å². The number of amides is 1. The Balaban J connectivity index is 2.68. The van der Waals surface area contributed by atoms with Crippen molar-refractivity contribution in [2.75, 3.05) is 13.1 Å². The molecule has 0 bridgehead atoms. The van der Waals surface area contributed by atoms with E-state index in [9.17, 15) is 9.59 Å². The largest absolute Gasteiger partial charge is 0.479 e. The van der Waals surface area contributed by atoms with Gasteiger partial charge in [-0.2, -0.15) is 0 Å². The molecule has 1 aromatic carbocycles. The molecule has 1 rings (SSSR count). The Hall–Kier alpha value is -1.88. The molecule has 0 aliphatic carbocycles. The Morgan fingerprint density at radius 3 is 2.47 bits per heavy atom. The summed E-state index contributed by atoms with van der Waals surface area (Å²) in [6.45, 7) is 2.66. The summed E-state index contributed by atoms with van der Waals surface area (Å²) in [6, 6.07) is 7.62. The first-order valence-corrected chi connectivity index (χ1v) is 5.43. The zero-order valence-corrected chi connectivity index (χ0v) is 9.64. The van der Waals surface area contributed by atoms with Gasteiger partial charge in [0, 0.05) is 0 Å². The van der Waals surface area contributed by atoms with Gasteiger partial charge in [-0.05, 0) is 12.1 Å². The molecule has 1 atom stereocenters. The summed E-state index contributed by atoms with van der Waals surface area (Å²) >= 11 is 0. The number of rotatable bonds is 6. The van der Waals surface area contributed by atoms with Crippen molar-refractivity contribution in [3.63, 3.8) is 0 Å². The van der Waals surface area contributed by atoms with Crippen LogP contribution in [0.25, 0.3) is 0 Å². The number of hydrogen-bond donors (Lipinski definition) is 3. The van der Waals surface area contributed by atoms with Gasteiger partial charge in [-0.25, -0.2) is 4.79 Å². The third kappa shape index (κ3) is 4.24. The number of likely N-dealkylation sites (N-methyl/N-ethyl adjacent to an activating group) is 1. The van der Waals surface area contributed by atoms with Crippen molar-refractivity contribution in [2.24, 2.45) is 0 Å². The Labute approximate surface area is 99.8 Å². The topological polar surface area (TPSA) is 78.4 Å². The molecule has 3 N–H and O–H groups in total. The molecule has 1 amide bonds. The van der Waals surface area contributed by atoms with Gasteiger partial charge in [0.05, 0.1) is 6.54 Å². The van der Waals surface area contributed by atoms with E-state index in [2.05, 4.69) is 10.6 Å². The van der Waals surface area contributed by atoms with Crippen molar-refractivity contribution in [1.29, 1.82) is 0 Å². The molecule has 0 aliphatic heterocycles. The first-order valence-electron chi connectivity index (χ1n) is 5.43. The van der Waals surface area contributed by atoms with Crippen molar-refractivity contribution in [3.8, 4) is 0 Å². The number of carboxylic acids is 1. The van der Waals surface area contributed by atoms with E-state index in [0.717, 1.165) is 0 Å². The Kier molecular flexibility index (Phi) is 5.16. The molecular formula is C12H16N2O3. The lowest BCUT2D eigenvalue weighted by Crippen LogP contribution is -2.39. The minimum absolute atomic E-state index is 0.118. The minimum Gasteiger partial charge on any atom is -0.479 e. The van der Waals surface area contributed by atoms with Crippen molar-refractivity contribution in [1.82, 2.24) is 10.6 Å². The molecule has 5 nitrogen and oxygen atoms in total. The summed E-state index contributed by atoms with van der Waals surface area (Å²) in [6.07, 6.45) is 0. The molecule has 0 aromatic heterocycles. The summed E-state index contributed by atoms with van der Waals surface area (Å²) in [4.78, 5) is 22.5. The second-order valence-electron chi connectivity index (χ2n) is 3.53. The predicted octanol–water partition coefficient (Wildman–Crippen LogP) is 0.538. The average molecular weight is 236 g/mol. The van der Waals surface area contributed by atoms with Crippen LogP contribution in [0.4, 0.5) is 0 Å². The van der Waals surface area contributed by atoms with Gasteiger partial charge >= 0.3 is 5.97 Å². The van der Waals surface area contributed by atoms with Crippen LogP contribution in [0, 0.1) is 0 Å². The van der Waals surface area contributed by atoms with Crippen LogP contribution < -0.4 is 10.6 Å². The van der Waals surface area contributed by atoms with Gasteiger partial charge in [0.25, 0.3) is 0 Å². The normalized spacial score (nSPS) is 11.8. The zero-order valence-electron chi connectivity index (χ0n) is 9.64. The molecule has 1 aromatic rings. The van der Waals surface area contributed by atoms with Crippen molar-refractivity contribution in [2.45, 2.75) is 13.0 Å². The number of nitrogens with one attached hydrogen (secondary N) is 2. The maximum atomic E-state index is 11.5. The lowest BCUT2D eigenvalue weighted by atomic mass is 10.1. The average Bonchev–Trinajstić information content (AvgIpc) is 2.34. The first-order chi connectivity index (χ1) is 8.15. The Bertz CT molecular complexity index is 379.